The third kappa shape index (κ3) is 5.76. The molecule has 0 radical (unpaired) electrons. The predicted molar refractivity (Wildman–Crippen MR) is 110 cm³/mol. The summed E-state index contributed by atoms with van der Waals surface area (Å²) in [5.74, 6) is -2.34. The van der Waals surface area contributed by atoms with Crippen molar-refractivity contribution in [3.63, 3.8) is 0 Å². The summed E-state index contributed by atoms with van der Waals surface area (Å²) in [4.78, 5) is 47.1. The number of aromatic nitrogens is 2. The molecule has 1 aliphatic rings. The van der Waals surface area contributed by atoms with Crippen molar-refractivity contribution in [1.82, 2.24) is 9.55 Å². The number of esters is 2. The summed E-state index contributed by atoms with van der Waals surface area (Å²) >= 11 is 0. The molecular weight excluding hydrogens is 496 g/mol. The first-order valence-corrected chi connectivity index (χ1v) is 11.1. The summed E-state index contributed by atoms with van der Waals surface area (Å²) in [6.07, 6.45) is -3.34. The molecule has 0 N–H and O–H groups in total. The second-order valence-electron chi connectivity index (χ2n) is 7.09. The van der Waals surface area contributed by atoms with E-state index >= 15 is 0 Å². The first-order valence-electron chi connectivity index (χ1n) is 9.71. The van der Waals surface area contributed by atoms with E-state index in [2.05, 4.69) is 4.98 Å². The van der Waals surface area contributed by atoms with Gasteiger partial charge >= 0.3 is 17.9 Å². The maximum Gasteiger partial charge on any atom is 0.436 e. The summed E-state index contributed by atoms with van der Waals surface area (Å²) in [5.41, 5.74) is -0.341. The molecule has 0 saturated carbocycles. The second kappa shape index (κ2) is 10.1. The average Bonchev–Trinajstić information content (AvgIpc) is 3.37. The van der Waals surface area contributed by atoms with Crippen LogP contribution in [0.2, 0.25) is 0 Å². The number of rotatable bonds is 9. The number of ether oxygens (including phenoxy) is 3. The van der Waals surface area contributed by atoms with E-state index in [0.717, 1.165) is 48.9 Å². The quantitative estimate of drug-likeness (QED) is 0.197. The van der Waals surface area contributed by atoms with Crippen molar-refractivity contribution in [2.45, 2.75) is 43.3 Å². The molecule has 3 rings (SSSR count). The Labute approximate surface area is 196 Å². The zero-order valence-corrected chi connectivity index (χ0v) is 18.9. The fourth-order valence-electron chi connectivity index (χ4n) is 3.32. The van der Waals surface area contributed by atoms with Crippen molar-refractivity contribution in [3.05, 3.63) is 56.9 Å². The van der Waals surface area contributed by atoms with E-state index in [9.17, 15) is 38.2 Å². The highest BCUT2D eigenvalue weighted by Crippen LogP contribution is 2.36. The van der Waals surface area contributed by atoms with Crippen molar-refractivity contribution in [2.75, 3.05) is 6.61 Å². The van der Waals surface area contributed by atoms with Gasteiger partial charge in [-0.1, -0.05) is 4.98 Å². The number of carbonyl (C=O) groups excluding carboxylic acids is 2. The Bertz CT molecular complexity index is 1240. The highest BCUT2D eigenvalue weighted by atomic mass is 32.2. The van der Waals surface area contributed by atoms with Gasteiger partial charge in [-0.25, -0.2) is 0 Å². The molecule has 0 spiro atoms. The van der Waals surface area contributed by atoms with Crippen LogP contribution in [0.3, 0.4) is 0 Å². The fourth-order valence-corrected chi connectivity index (χ4v) is 4.24. The Kier molecular flexibility index (Phi) is 7.42. The van der Waals surface area contributed by atoms with E-state index in [0.29, 0.717) is 0 Å². The molecule has 2 heterocycles. The molecule has 35 heavy (non-hydrogen) atoms. The van der Waals surface area contributed by atoms with Gasteiger partial charge in [0.1, 0.15) is 18.5 Å². The van der Waals surface area contributed by atoms with Crippen LogP contribution < -0.4 is 0 Å². The largest absolute Gasteiger partial charge is 0.455 e. The second-order valence-corrected chi connectivity index (χ2v) is 8.71. The summed E-state index contributed by atoms with van der Waals surface area (Å²) in [6.45, 7) is 1.34. The van der Waals surface area contributed by atoms with Crippen molar-refractivity contribution >= 4 is 33.7 Å². The molecule has 1 saturated heterocycles. The molecule has 0 aliphatic carbocycles. The van der Waals surface area contributed by atoms with Crippen LogP contribution in [0, 0.1) is 20.2 Å². The van der Waals surface area contributed by atoms with Crippen molar-refractivity contribution in [1.29, 1.82) is 0 Å². The molecule has 0 unspecified atom stereocenters. The number of hydrogen-bond donors (Lipinski definition) is 0. The van der Waals surface area contributed by atoms with E-state index in [1.165, 1.54) is 6.20 Å². The lowest BCUT2D eigenvalue weighted by molar-refractivity contribution is -0.398. The maximum absolute atomic E-state index is 12.6. The number of nitro groups is 2. The third-order valence-electron chi connectivity index (χ3n) is 4.70. The van der Waals surface area contributed by atoms with E-state index < -0.39 is 73.9 Å². The van der Waals surface area contributed by atoms with Crippen molar-refractivity contribution in [3.8, 4) is 0 Å². The molecule has 16 nitrogen and oxygen atoms in total. The van der Waals surface area contributed by atoms with Crippen LogP contribution in [-0.2, 0) is 38.1 Å². The van der Waals surface area contributed by atoms with Crippen LogP contribution in [0.1, 0.15) is 20.1 Å². The zero-order valence-electron chi connectivity index (χ0n) is 18.1. The third-order valence-corrected chi connectivity index (χ3v) is 5.99. The molecule has 0 bridgehead atoms. The minimum atomic E-state index is -4.45. The summed E-state index contributed by atoms with van der Waals surface area (Å²) < 4.78 is 47.1. The smallest absolute Gasteiger partial charge is 0.436 e. The van der Waals surface area contributed by atoms with Crippen molar-refractivity contribution in [2.24, 2.45) is 0 Å². The number of non-ortho nitro benzene ring substituents is 1. The number of benzene rings is 1. The first kappa shape index (κ1) is 25.7. The number of carbonyl (C=O) groups is 2. The minimum absolute atomic E-state index is 0.341. The number of hydrogen-bond acceptors (Lipinski definition) is 13. The van der Waals surface area contributed by atoms with Crippen LogP contribution in [0.25, 0.3) is 0 Å². The standard InChI is InChI=1S/C18H18N4O12S/c1-10(23)32-15-14(9-31-35(29,30)13-5-3-12(4-6-13)21(25)26)34-17(16(15)33-11(2)24)20-8-7-19-18(20)22(27)28/h3-8,14-17H,9H2,1-2H3/t14-,15-,16+,17+/m1/s1. The highest BCUT2D eigenvalue weighted by Gasteiger charge is 2.53. The monoisotopic (exact) mass is 514 g/mol. The van der Waals surface area contributed by atoms with Crippen LogP contribution in [-0.4, -0.2) is 64.7 Å². The van der Waals surface area contributed by atoms with Crippen LogP contribution in [0.4, 0.5) is 11.6 Å². The minimum Gasteiger partial charge on any atom is -0.455 e. The van der Waals surface area contributed by atoms with E-state index in [4.69, 9.17) is 18.4 Å². The molecule has 2 aromatic rings. The highest BCUT2D eigenvalue weighted by molar-refractivity contribution is 7.86. The van der Waals surface area contributed by atoms with Gasteiger partial charge in [0.25, 0.3) is 15.8 Å². The average molecular weight is 514 g/mol. The van der Waals surface area contributed by atoms with Crippen molar-refractivity contribution < 1.29 is 46.2 Å². The first-order chi connectivity index (χ1) is 16.4. The molecule has 17 heteroatoms. The van der Waals surface area contributed by atoms with Crippen LogP contribution in [0.5, 0.6) is 0 Å². The van der Waals surface area contributed by atoms with E-state index in [-0.39, 0.29) is 5.69 Å². The summed E-state index contributed by atoms with van der Waals surface area (Å²) in [5, 5.41) is 22.1. The summed E-state index contributed by atoms with van der Waals surface area (Å²) in [6, 6.07) is 3.86. The van der Waals surface area contributed by atoms with Gasteiger partial charge in [0.15, 0.2) is 12.2 Å². The Morgan fingerprint density at radius 2 is 1.66 bits per heavy atom. The van der Waals surface area contributed by atoms with Gasteiger partial charge in [0, 0.05) is 26.0 Å². The molecule has 188 valence electrons. The lowest BCUT2D eigenvalue weighted by atomic mass is 10.1. The Hall–Kier alpha value is -3.96. The van der Waals surface area contributed by atoms with Gasteiger partial charge in [-0.2, -0.15) is 13.0 Å². The number of imidazole rings is 1. The Balaban J connectivity index is 1.89. The Morgan fingerprint density at radius 3 is 2.20 bits per heavy atom. The Morgan fingerprint density at radius 1 is 1.06 bits per heavy atom. The molecule has 1 aromatic heterocycles. The summed E-state index contributed by atoms with van der Waals surface area (Å²) in [7, 11) is -4.45. The zero-order chi connectivity index (χ0) is 25.9. The lowest BCUT2D eigenvalue weighted by Crippen LogP contribution is -2.40. The van der Waals surface area contributed by atoms with E-state index in [1.807, 2.05) is 0 Å². The van der Waals surface area contributed by atoms with Gasteiger partial charge in [-0.3, -0.25) is 23.9 Å². The van der Waals surface area contributed by atoms with Gasteiger partial charge in [-0.05, 0) is 17.1 Å². The van der Waals surface area contributed by atoms with Gasteiger partial charge < -0.3 is 24.3 Å². The molecule has 1 fully saturated rings. The lowest BCUT2D eigenvalue weighted by Gasteiger charge is -2.22. The van der Waals surface area contributed by atoms with Crippen LogP contribution >= 0.6 is 0 Å². The van der Waals surface area contributed by atoms with Gasteiger partial charge in [-0.15, -0.1) is 0 Å². The van der Waals surface area contributed by atoms with Gasteiger partial charge in [0.05, 0.1) is 16.4 Å². The normalized spacial score (nSPS) is 21.9. The molecular formula is C18H18N4O12S. The molecule has 0 amide bonds. The SMILES string of the molecule is CC(=O)O[C@H]1[C@H](OC(C)=O)[C@@H](n2ccnc2[N+](=O)[O-])O[C@@H]1COS(=O)(=O)c1ccc([N+](=O)[O-])cc1. The fraction of sp³-hybridized carbons (Fsp3) is 0.389. The molecule has 1 aliphatic heterocycles. The topological polar surface area (TPSA) is 209 Å². The maximum atomic E-state index is 12.6. The van der Waals surface area contributed by atoms with Gasteiger partial charge in [0.2, 0.25) is 6.23 Å². The van der Waals surface area contributed by atoms with Crippen LogP contribution in [0.15, 0.2) is 41.6 Å². The predicted octanol–water partition coefficient (Wildman–Crippen LogP) is 0.866. The number of nitro benzene ring substituents is 1. The molecule has 1 aromatic carbocycles. The van der Waals surface area contributed by atoms with E-state index in [1.54, 1.807) is 0 Å². The number of nitrogens with zero attached hydrogens (tertiary/aromatic N) is 4. The molecule has 4 atom stereocenters.